The number of rotatable bonds is 4. The van der Waals surface area contributed by atoms with E-state index in [1.807, 2.05) is 0 Å². The summed E-state index contributed by atoms with van der Waals surface area (Å²) in [5, 5.41) is -0.667. The van der Waals surface area contributed by atoms with Gasteiger partial charge in [-0.1, -0.05) is 93.9 Å². The van der Waals surface area contributed by atoms with Crippen molar-refractivity contribution >= 4 is 69.6 Å². The van der Waals surface area contributed by atoms with E-state index in [-0.39, 0.29) is 63.9 Å². The highest BCUT2D eigenvalue weighted by Crippen LogP contribution is 2.49. The third-order valence-electron chi connectivity index (χ3n) is 5.49. The van der Waals surface area contributed by atoms with E-state index < -0.39 is 23.5 Å². The Morgan fingerprint density at radius 3 is 1.03 bits per heavy atom. The van der Waals surface area contributed by atoms with Crippen molar-refractivity contribution in [3.05, 3.63) is 102 Å². The number of hydrogen-bond acceptors (Lipinski definition) is 1. The summed E-state index contributed by atoms with van der Waals surface area (Å²) in [5.74, 6) is -0.167. The van der Waals surface area contributed by atoms with Crippen molar-refractivity contribution in [1.29, 1.82) is 0 Å². The molecule has 4 aromatic rings. The molecule has 0 atom stereocenters. The predicted octanol–water partition coefficient (Wildman–Crippen LogP) is 12.8. The molecule has 39 heavy (non-hydrogen) atoms. The molecule has 0 spiro atoms. The van der Waals surface area contributed by atoms with E-state index in [9.17, 15) is 26.3 Å². The Hall–Kier alpha value is -2.00. The Kier molecular flexibility index (Phi) is 8.54. The lowest BCUT2D eigenvalue weighted by Gasteiger charge is -2.17. The highest BCUT2D eigenvalue weighted by Gasteiger charge is 2.31. The van der Waals surface area contributed by atoms with Crippen LogP contribution in [0.3, 0.4) is 0 Å². The fourth-order valence-corrected chi connectivity index (χ4v) is 4.90. The lowest BCUT2D eigenvalue weighted by atomic mass is 10.0. The largest absolute Gasteiger partial charge is 0.454 e. The van der Waals surface area contributed by atoms with Gasteiger partial charge in [0.15, 0.2) is 0 Å². The second-order valence-corrected chi connectivity index (χ2v) is 10.2. The molecule has 0 aromatic heterocycles. The van der Waals surface area contributed by atoms with Crippen LogP contribution in [0.2, 0.25) is 30.1 Å². The molecule has 4 rings (SSSR count). The molecule has 0 unspecified atom stereocenters. The van der Waals surface area contributed by atoms with Gasteiger partial charge in [0.25, 0.3) is 0 Å². The molecule has 0 aliphatic rings. The molecule has 0 heterocycles. The minimum absolute atomic E-state index is 0.0422. The summed E-state index contributed by atoms with van der Waals surface area (Å²) in [6.45, 7) is 0. The van der Waals surface area contributed by atoms with Gasteiger partial charge in [-0.2, -0.15) is 26.3 Å². The van der Waals surface area contributed by atoms with Gasteiger partial charge in [-0.15, -0.1) is 0 Å². The fraction of sp³-hybridized carbons (Fsp3) is 0.0769. The molecule has 0 saturated heterocycles. The van der Waals surface area contributed by atoms with E-state index in [2.05, 4.69) is 0 Å². The zero-order chi connectivity index (χ0) is 28.9. The van der Waals surface area contributed by atoms with Gasteiger partial charge >= 0.3 is 12.4 Å². The van der Waals surface area contributed by atoms with Crippen LogP contribution in [0.25, 0.3) is 22.3 Å². The zero-order valence-corrected chi connectivity index (χ0v) is 23.3. The third kappa shape index (κ3) is 6.19. The molecule has 1 nitrogen and oxygen atoms in total. The molecule has 0 aliphatic heterocycles. The van der Waals surface area contributed by atoms with Gasteiger partial charge in [0, 0.05) is 11.1 Å². The van der Waals surface area contributed by atoms with Crippen LogP contribution in [-0.2, 0) is 12.4 Å². The topological polar surface area (TPSA) is 9.23 Å². The number of benzene rings is 4. The van der Waals surface area contributed by atoms with E-state index in [0.717, 1.165) is 24.3 Å². The number of hydrogen-bond donors (Lipinski definition) is 0. The first-order chi connectivity index (χ1) is 18.1. The van der Waals surface area contributed by atoms with Crippen molar-refractivity contribution in [3.8, 4) is 33.8 Å². The molecule has 13 heteroatoms. The Labute approximate surface area is 247 Å². The summed E-state index contributed by atoms with van der Waals surface area (Å²) in [4.78, 5) is 0. The molecule has 0 N–H and O–H groups in total. The third-order valence-corrected chi connectivity index (χ3v) is 8.17. The van der Waals surface area contributed by atoms with Crippen molar-refractivity contribution in [2.24, 2.45) is 0 Å². The van der Waals surface area contributed by atoms with E-state index in [0.29, 0.717) is 0 Å². The first-order valence-corrected chi connectivity index (χ1v) is 12.7. The summed E-state index contributed by atoms with van der Waals surface area (Å²) < 4.78 is 83.8. The van der Waals surface area contributed by atoms with Crippen molar-refractivity contribution in [1.82, 2.24) is 0 Å². The maximum Gasteiger partial charge on any atom is 0.416 e. The second kappa shape index (κ2) is 11.1. The monoisotopic (exact) mass is 662 g/mol. The summed E-state index contributed by atoms with van der Waals surface area (Å²) >= 11 is 37.9. The summed E-state index contributed by atoms with van der Waals surface area (Å²) in [6, 6.07) is 11.0. The van der Waals surface area contributed by atoms with Crippen LogP contribution in [0.15, 0.2) is 60.7 Å². The van der Waals surface area contributed by atoms with Gasteiger partial charge in [0.05, 0.1) is 31.2 Å². The molecular formula is C26H10Cl6F6O. The van der Waals surface area contributed by atoms with E-state index in [1.54, 1.807) is 0 Å². The van der Waals surface area contributed by atoms with Gasteiger partial charge in [-0.3, -0.25) is 0 Å². The minimum Gasteiger partial charge on any atom is -0.454 e. The van der Waals surface area contributed by atoms with Crippen LogP contribution < -0.4 is 4.74 Å². The van der Waals surface area contributed by atoms with Crippen LogP contribution in [-0.4, -0.2) is 0 Å². The fourth-order valence-electron chi connectivity index (χ4n) is 3.53. The van der Waals surface area contributed by atoms with E-state index in [1.165, 1.54) is 36.4 Å². The molecular weight excluding hydrogens is 655 g/mol. The Balaban J connectivity index is 1.78. The van der Waals surface area contributed by atoms with E-state index in [4.69, 9.17) is 74.3 Å². The highest BCUT2D eigenvalue weighted by atomic mass is 35.5. The quantitative estimate of drug-likeness (QED) is 0.156. The van der Waals surface area contributed by atoms with Crippen molar-refractivity contribution in [3.63, 3.8) is 0 Å². The summed E-state index contributed by atoms with van der Waals surface area (Å²) in [7, 11) is 0. The lowest BCUT2D eigenvalue weighted by Crippen LogP contribution is -2.04. The Bertz CT molecular complexity index is 1430. The van der Waals surface area contributed by atoms with Gasteiger partial charge in [0.2, 0.25) is 0 Å². The predicted molar refractivity (Wildman–Crippen MR) is 144 cm³/mol. The Morgan fingerprint density at radius 2 is 0.744 bits per heavy atom. The normalized spacial score (nSPS) is 12.1. The van der Waals surface area contributed by atoms with Crippen LogP contribution in [0.1, 0.15) is 11.1 Å². The molecule has 0 bridgehead atoms. The first-order valence-electron chi connectivity index (χ1n) is 10.5. The molecule has 204 valence electrons. The molecule has 0 radical (unpaired) electrons. The molecule has 4 aromatic carbocycles. The zero-order valence-electron chi connectivity index (χ0n) is 18.7. The summed E-state index contributed by atoms with van der Waals surface area (Å²) in [5.41, 5.74) is -0.762. The van der Waals surface area contributed by atoms with Gasteiger partial charge < -0.3 is 4.74 Å². The SMILES string of the molecule is FC(F)(F)c1ccc(-c2cc(Oc3cc(-c4ccc(C(F)(F)F)cc4)c(Cl)c(Cl)c3Cl)c(Cl)c(Cl)c2Cl)cc1. The highest BCUT2D eigenvalue weighted by molar-refractivity contribution is 6.50. The smallest absolute Gasteiger partial charge is 0.416 e. The van der Waals surface area contributed by atoms with Crippen LogP contribution in [0.4, 0.5) is 26.3 Å². The maximum atomic E-state index is 13.0. The summed E-state index contributed by atoms with van der Waals surface area (Å²) in [6.07, 6.45) is -9.08. The molecule has 0 fully saturated rings. The number of halogens is 12. The minimum atomic E-state index is -4.54. The van der Waals surface area contributed by atoms with Gasteiger partial charge in [0.1, 0.15) is 21.5 Å². The molecule has 0 saturated carbocycles. The molecule has 0 aliphatic carbocycles. The second-order valence-electron chi connectivity index (χ2n) is 7.98. The lowest BCUT2D eigenvalue weighted by molar-refractivity contribution is -0.138. The van der Waals surface area contributed by atoms with Crippen molar-refractivity contribution in [2.75, 3.05) is 0 Å². The first kappa shape index (κ1) is 30.0. The van der Waals surface area contributed by atoms with Gasteiger partial charge in [-0.25, -0.2) is 0 Å². The van der Waals surface area contributed by atoms with Crippen LogP contribution in [0, 0.1) is 0 Å². The van der Waals surface area contributed by atoms with E-state index >= 15 is 0 Å². The number of ether oxygens (including phenoxy) is 1. The van der Waals surface area contributed by atoms with Gasteiger partial charge in [-0.05, 0) is 47.5 Å². The Morgan fingerprint density at radius 1 is 0.436 bits per heavy atom. The van der Waals surface area contributed by atoms with Crippen LogP contribution in [0.5, 0.6) is 11.5 Å². The van der Waals surface area contributed by atoms with Crippen molar-refractivity contribution < 1.29 is 31.1 Å². The average Bonchev–Trinajstić information content (AvgIpc) is 2.88. The number of alkyl halides is 6. The van der Waals surface area contributed by atoms with Crippen LogP contribution >= 0.6 is 69.6 Å². The maximum absolute atomic E-state index is 13.0. The average molecular weight is 665 g/mol. The standard InChI is InChI=1S/C26H10Cl6F6O/c27-19-15(11-1-5-13(6-2-11)25(33,34)35)9-17(21(29)23(19)31)39-18-10-16(20(28)24(32)22(18)30)12-3-7-14(8-4-12)26(36,37)38/h1-10H. The van der Waals surface area contributed by atoms with Crippen molar-refractivity contribution in [2.45, 2.75) is 12.4 Å². The molecule has 0 amide bonds.